The fourth-order valence-corrected chi connectivity index (χ4v) is 4.93. The first-order valence-corrected chi connectivity index (χ1v) is 11.1. The van der Waals surface area contributed by atoms with Gasteiger partial charge in [0.05, 0.1) is 22.3 Å². The zero-order chi connectivity index (χ0) is 22.6. The highest BCUT2D eigenvalue weighted by atomic mass is 16.3. The van der Waals surface area contributed by atoms with Crippen LogP contribution in [0.2, 0.25) is 0 Å². The van der Waals surface area contributed by atoms with E-state index < -0.39 is 0 Å². The monoisotopic (exact) mass is 435 g/mol. The third-order valence-corrected chi connectivity index (χ3v) is 6.47. The molecule has 0 radical (unpaired) electrons. The molecule has 0 unspecified atom stereocenters. The molecule has 0 amide bonds. The van der Waals surface area contributed by atoms with Gasteiger partial charge in [0, 0.05) is 39.0 Å². The van der Waals surface area contributed by atoms with Crippen LogP contribution in [0.25, 0.3) is 60.7 Å². The number of hydrogen-bond acceptors (Lipinski definition) is 3. The van der Waals surface area contributed by atoms with Gasteiger partial charge in [0.2, 0.25) is 0 Å². The largest absolute Gasteiger partial charge is 0.454 e. The molecule has 3 heterocycles. The van der Waals surface area contributed by atoms with E-state index in [-0.39, 0.29) is 0 Å². The maximum atomic E-state index is 9.11. The molecule has 0 bridgehead atoms. The van der Waals surface area contributed by atoms with Gasteiger partial charge in [0.1, 0.15) is 11.7 Å². The van der Waals surface area contributed by atoms with Crippen LogP contribution in [0, 0.1) is 11.3 Å². The molecule has 0 aliphatic carbocycles. The van der Waals surface area contributed by atoms with Gasteiger partial charge in [0.15, 0.2) is 5.58 Å². The Hall–Kier alpha value is -4.88. The average Bonchev–Trinajstić information content (AvgIpc) is 3.45. The first kappa shape index (κ1) is 18.7. The van der Waals surface area contributed by atoms with Crippen molar-refractivity contribution in [2.45, 2.75) is 0 Å². The maximum absolute atomic E-state index is 9.11. The molecule has 0 aliphatic heterocycles. The molecule has 0 spiro atoms. The quantitative estimate of drug-likeness (QED) is 0.281. The Morgan fingerprint density at radius 2 is 1.56 bits per heavy atom. The maximum Gasteiger partial charge on any atom is 0.160 e. The number of aromatic nitrogens is 2. The van der Waals surface area contributed by atoms with E-state index in [1.807, 2.05) is 36.4 Å². The third kappa shape index (κ3) is 2.61. The van der Waals surface area contributed by atoms with Gasteiger partial charge >= 0.3 is 0 Å². The summed E-state index contributed by atoms with van der Waals surface area (Å²) in [5.41, 5.74) is 7.35. The number of para-hydroxylation sites is 2. The minimum Gasteiger partial charge on any atom is -0.454 e. The van der Waals surface area contributed by atoms with Crippen LogP contribution < -0.4 is 0 Å². The lowest BCUT2D eigenvalue weighted by Crippen LogP contribution is -1.95. The molecule has 0 N–H and O–H groups in total. The summed E-state index contributed by atoms with van der Waals surface area (Å²) in [5.74, 6) is 0. The van der Waals surface area contributed by atoms with Crippen molar-refractivity contribution in [1.82, 2.24) is 9.55 Å². The molecule has 0 saturated carbocycles. The van der Waals surface area contributed by atoms with E-state index in [0.717, 1.165) is 55.3 Å². The van der Waals surface area contributed by atoms with Gasteiger partial charge in [-0.05, 0) is 42.5 Å². The van der Waals surface area contributed by atoms with E-state index >= 15 is 0 Å². The number of hydrogen-bond donors (Lipinski definition) is 0. The predicted octanol–water partition coefficient (Wildman–Crippen LogP) is 7.62. The summed E-state index contributed by atoms with van der Waals surface area (Å²) in [6.07, 6.45) is 1.61. The van der Waals surface area contributed by atoms with Crippen LogP contribution >= 0.6 is 0 Å². The van der Waals surface area contributed by atoms with Gasteiger partial charge < -0.3 is 8.98 Å². The molecule has 158 valence electrons. The number of pyridine rings is 1. The molecule has 0 aliphatic rings. The van der Waals surface area contributed by atoms with Gasteiger partial charge in [-0.25, -0.2) is 0 Å². The van der Waals surface area contributed by atoms with Crippen molar-refractivity contribution in [3.8, 4) is 23.0 Å². The Labute approximate surface area is 194 Å². The Balaban J connectivity index is 1.57. The highest BCUT2D eigenvalue weighted by molar-refractivity contribution is 6.21. The van der Waals surface area contributed by atoms with Crippen molar-refractivity contribution in [2.24, 2.45) is 0 Å². The molecular weight excluding hydrogens is 418 g/mol. The molecule has 7 aromatic rings. The Bertz CT molecular complexity index is 1920. The van der Waals surface area contributed by atoms with Crippen molar-refractivity contribution >= 4 is 43.7 Å². The average molecular weight is 435 g/mol. The Morgan fingerprint density at radius 3 is 2.41 bits per heavy atom. The first-order valence-electron chi connectivity index (χ1n) is 11.1. The van der Waals surface area contributed by atoms with E-state index in [1.54, 1.807) is 12.3 Å². The van der Waals surface area contributed by atoms with Gasteiger partial charge in [0.25, 0.3) is 0 Å². The summed E-state index contributed by atoms with van der Waals surface area (Å²) in [6, 6.07) is 35.2. The minimum absolute atomic E-state index is 0.551. The van der Waals surface area contributed by atoms with Crippen LogP contribution in [-0.2, 0) is 0 Å². The minimum atomic E-state index is 0.551. The second-order valence-electron chi connectivity index (χ2n) is 8.38. The lowest BCUT2D eigenvalue weighted by Gasteiger charge is -2.10. The lowest BCUT2D eigenvalue weighted by molar-refractivity contribution is 0.671. The molecular formula is C30H17N3O. The fraction of sp³-hybridized carbons (Fsp3) is 0. The topological polar surface area (TPSA) is 54.8 Å². The van der Waals surface area contributed by atoms with Gasteiger partial charge in [-0.1, -0.05) is 54.6 Å². The normalized spacial score (nSPS) is 11.5. The summed E-state index contributed by atoms with van der Waals surface area (Å²) in [6.45, 7) is 0. The van der Waals surface area contributed by atoms with E-state index in [0.29, 0.717) is 5.56 Å². The standard InChI is InChI=1S/C30H17N3O/c31-17-19-12-15-26(32-18-19)20-6-5-7-21(16-20)33-27-10-3-1-8-22(27)24-13-14-25-23-9-2-4-11-28(23)34-30(25)29(24)33/h1-16,18H. The van der Waals surface area contributed by atoms with Crippen LogP contribution in [0.3, 0.4) is 0 Å². The van der Waals surface area contributed by atoms with Gasteiger partial charge in [-0.15, -0.1) is 0 Å². The molecule has 34 heavy (non-hydrogen) atoms. The van der Waals surface area contributed by atoms with Crippen LogP contribution in [0.1, 0.15) is 5.56 Å². The van der Waals surface area contributed by atoms with Crippen molar-refractivity contribution in [1.29, 1.82) is 5.26 Å². The molecule has 0 atom stereocenters. The zero-order valence-corrected chi connectivity index (χ0v) is 18.1. The zero-order valence-electron chi connectivity index (χ0n) is 18.1. The highest BCUT2D eigenvalue weighted by Gasteiger charge is 2.18. The van der Waals surface area contributed by atoms with Gasteiger partial charge in [-0.3, -0.25) is 4.98 Å². The third-order valence-electron chi connectivity index (χ3n) is 6.47. The van der Waals surface area contributed by atoms with Gasteiger partial charge in [-0.2, -0.15) is 5.26 Å². The summed E-state index contributed by atoms with van der Waals surface area (Å²) in [7, 11) is 0. The molecule has 7 rings (SSSR count). The molecule has 0 saturated heterocycles. The smallest absolute Gasteiger partial charge is 0.160 e. The second-order valence-corrected chi connectivity index (χ2v) is 8.38. The van der Waals surface area contributed by atoms with Crippen LogP contribution in [0.5, 0.6) is 0 Å². The number of rotatable bonds is 2. The van der Waals surface area contributed by atoms with Crippen LogP contribution in [0.15, 0.2) is 108 Å². The van der Waals surface area contributed by atoms with Crippen molar-refractivity contribution < 1.29 is 4.42 Å². The molecule has 4 nitrogen and oxygen atoms in total. The number of benzene rings is 4. The first-order chi connectivity index (χ1) is 16.8. The number of fused-ring (bicyclic) bond motifs is 7. The second kappa shape index (κ2) is 7.06. The van der Waals surface area contributed by atoms with Crippen molar-refractivity contribution in [3.05, 3.63) is 109 Å². The number of nitriles is 1. The molecule has 4 heteroatoms. The van der Waals surface area contributed by atoms with Crippen LogP contribution in [-0.4, -0.2) is 9.55 Å². The van der Waals surface area contributed by atoms with E-state index in [9.17, 15) is 0 Å². The lowest BCUT2D eigenvalue weighted by atomic mass is 10.1. The summed E-state index contributed by atoms with van der Waals surface area (Å²) < 4.78 is 8.71. The van der Waals surface area contributed by atoms with Crippen molar-refractivity contribution in [3.63, 3.8) is 0 Å². The summed E-state index contributed by atoms with van der Waals surface area (Å²) >= 11 is 0. The SMILES string of the molecule is N#Cc1ccc(-c2cccc(-n3c4ccccc4c4ccc5c6ccccc6oc5c43)c2)nc1. The van der Waals surface area contributed by atoms with E-state index in [2.05, 4.69) is 70.2 Å². The Kier molecular flexibility index (Phi) is 3.88. The number of furan rings is 1. The highest BCUT2D eigenvalue weighted by Crippen LogP contribution is 2.40. The Morgan fingerprint density at radius 1 is 0.735 bits per heavy atom. The molecule has 4 aromatic carbocycles. The van der Waals surface area contributed by atoms with Crippen molar-refractivity contribution in [2.75, 3.05) is 0 Å². The molecule has 3 aromatic heterocycles. The summed E-state index contributed by atoms with van der Waals surface area (Å²) in [5, 5.41) is 13.7. The van der Waals surface area contributed by atoms with E-state index in [1.165, 1.54) is 5.39 Å². The fourth-order valence-electron chi connectivity index (χ4n) is 4.93. The number of nitrogens with zero attached hydrogens (tertiary/aromatic N) is 3. The summed E-state index contributed by atoms with van der Waals surface area (Å²) in [4.78, 5) is 4.50. The van der Waals surface area contributed by atoms with Crippen LogP contribution in [0.4, 0.5) is 0 Å². The van der Waals surface area contributed by atoms with E-state index in [4.69, 9.17) is 9.68 Å². The predicted molar refractivity (Wildman–Crippen MR) is 136 cm³/mol. The molecule has 0 fully saturated rings.